The van der Waals surface area contributed by atoms with Gasteiger partial charge >= 0.3 is 6.16 Å². The van der Waals surface area contributed by atoms with E-state index in [1.54, 1.807) is 4.57 Å². The largest absolute Gasteiger partial charge is 0.513 e. The van der Waals surface area contributed by atoms with E-state index in [9.17, 15) is 14.0 Å². The molecule has 21 heavy (non-hydrogen) atoms. The Bertz CT molecular complexity index is 798. The molecule has 2 aromatic rings. The van der Waals surface area contributed by atoms with Gasteiger partial charge in [-0.05, 0) is 25.0 Å². The van der Waals surface area contributed by atoms with Crippen LogP contribution in [-0.4, -0.2) is 17.8 Å². The van der Waals surface area contributed by atoms with Crippen molar-refractivity contribution in [2.24, 2.45) is 0 Å². The Kier molecular flexibility index (Phi) is 3.33. The highest BCUT2D eigenvalue weighted by molar-refractivity contribution is 6.31. The minimum absolute atomic E-state index is 0.0575. The molecule has 1 heterocycles. The number of hydrogen-bond donors (Lipinski definition) is 0. The van der Waals surface area contributed by atoms with Crippen molar-refractivity contribution in [1.82, 2.24) is 4.57 Å². The second-order valence-corrected chi connectivity index (χ2v) is 5.21. The van der Waals surface area contributed by atoms with Crippen LogP contribution in [0, 0.1) is 5.82 Å². The van der Waals surface area contributed by atoms with Gasteiger partial charge in [-0.1, -0.05) is 11.6 Å². The summed E-state index contributed by atoms with van der Waals surface area (Å²) in [4.78, 5) is 23.5. The van der Waals surface area contributed by atoms with Crippen molar-refractivity contribution in [3.8, 4) is 5.75 Å². The molecule has 1 aromatic heterocycles. The fourth-order valence-electron chi connectivity index (χ4n) is 2.18. The van der Waals surface area contributed by atoms with Crippen LogP contribution in [-0.2, 0) is 4.74 Å². The first kappa shape index (κ1) is 13.9. The number of pyridine rings is 1. The van der Waals surface area contributed by atoms with Crippen LogP contribution in [0.3, 0.4) is 0 Å². The average molecular weight is 312 g/mol. The maximum absolute atomic E-state index is 13.6. The summed E-state index contributed by atoms with van der Waals surface area (Å²) >= 11 is 5.79. The second kappa shape index (κ2) is 5.04. The molecule has 0 N–H and O–H groups in total. The molecule has 1 aromatic carbocycles. The molecule has 0 amide bonds. The summed E-state index contributed by atoms with van der Waals surface area (Å²) in [6.07, 6.45) is 2.31. The first-order valence-corrected chi connectivity index (χ1v) is 6.68. The van der Waals surface area contributed by atoms with Gasteiger partial charge in [0.1, 0.15) is 5.82 Å². The molecule has 1 aliphatic carbocycles. The molecule has 0 bridgehead atoms. The lowest BCUT2D eigenvalue weighted by Crippen LogP contribution is -2.17. The zero-order valence-corrected chi connectivity index (χ0v) is 11.8. The van der Waals surface area contributed by atoms with Gasteiger partial charge in [-0.2, -0.15) is 0 Å². The van der Waals surface area contributed by atoms with Crippen LogP contribution in [0.5, 0.6) is 5.75 Å². The van der Waals surface area contributed by atoms with Crippen molar-refractivity contribution < 1.29 is 18.7 Å². The predicted octanol–water partition coefficient (Wildman–Crippen LogP) is 3.27. The maximum Gasteiger partial charge on any atom is 0.513 e. The summed E-state index contributed by atoms with van der Waals surface area (Å²) < 4.78 is 24.6. The second-order valence-electron chi connectivity index (χ2n) is 4.80. The minimum Gasteiger partial charge on any atom is -0.437 e. The van der Waals surface area contributed by atoms with E-state index in [2.05, 4.69) is 4.74 Å². The number of carbonyl (C=O) groups excluding carboxylic acids is 1. The monoisotopic (exact) mass is 311 g/mol. The molecule has 0 spiro atoms. The summed E-state index contributed by atoms with van der Waals surface area (Å²) in [7, 11) is 1.14. The van der Waals surface area contributed by atoms with E-state index in [1.807, 2.05) is 0 Å². The number of fused-ring (bicyclic) bond motifs is 1. The molecule has 3 rings (SSSR count). The number of rotatable bonds is 2. The molecule has 0 atom stereocenters. The average Bonchev–Trinajstić information content (AvgIpc) is 3.28. The molecule has 1 fully saturated rings. The fraction of sp³-hybridized carbons (Fsp3) is 0.286. The summed E-state index contributed by atoms with van der Waals surface area (Å²) in [6.45, 7) is 0. The Hall–Kier alpha value is -2.08. The zero-order valence-electron chi connectivity index (χ0n) is 11.1. The highest BCUT2D eigenvalue weighted by atomic mass is 35.5. The third-order valence-corrected chi connectivity index (χ3v) is 3.63. The van der Waals surface area contributed by atoms with Gasteiger partial charge in [0.25, 0.3) is 0 Å². The zero-order chi connectivity index (χ0) is 15.1. The smallest absolute Gasteiger partial charge is 0.437 e. The van der Waals surface area contributed by atoms with Crippen molar-refractivity contribution in [3.63, 3.8) is 0 Å². The summed E-state index contributed by atoms with van der Waals surface area (Å²) in [6, 6.07) is 2.66. The molecule has 0 radical (unpaired) electrons. The number of hydrogen-bond acceptors (Lipinski definition) is 4. The summed E-state index contributed by atoms with van der Waals surface area (Å²) in [5.74, 6) is -0.887. The predicted molar refractivity (Wildman–Crippen MR) is 74.5 cm³/mol. The topological polar surface area (TPSA) is 57.5 Å². The van der Waals surface area contributed by atoms with Crippen LogP contribution in [0.1, 0.15) is 18.9 Å². The Morgan fingerprint density at radius 1 is 1.43 bits per heavy atom. The van der Waals surface area contributed by atoms with Crippen LogP contribution in [0.2, 0.25) is 5.02 Å². The Morgan fingerprint density at radius 3 is 2.76 bits per heavy atom. The lowest BCUT2D eigenvalue weighted by atomic mass is 10.2. The lowest BCUT2D eigenvalue weighted by Gasteiger charge is -2.13. The number of methoxy groups -OCH3 is 1. The third kappa shape index (κ3) is 2.47. The summed E-state index contributed by atoms with van der Waals surface area (Å²) in [5.41, 5.74) is -0.0611. The summed E-state index contributed by atoms with van der Waals surface area (Å²) in [5, 5.41) is 0.0585. The van der Waals surface area contributed by atoms with Gasteiger partial charge in [-0.3, -0.25) is 4.79 Å². The molecular formula is C14H11ClFNO4. The number of halogens is 2. The first-order valence-electron chi connectivity index (χ1n) is 6.31. The molecule has 1 saturated carbocycles. The van der Waals surface area contributed by atoms with Crippen LogP contribution >= 0.6 is 11.6 Å². The van der Waals surface area contributed by atoms with Crippen molar-refractivity contribution in [1.29, 1.82) is 0 Å². The standard InChI is InChI=1S/C14H11ClFNO4/c1-20-14(19)21-12-6-17(7-2-3-7)11-5-9(15)10(16)4-8(11)13(12)18/h4-7H,2-3H2,1H3. The van der Waals surface area contributed by atoms with E-state index in [1.165, 1.54) is 12.3 Å². The van der Waals surface area contributed by atoms with Crippen LogP contribution in [0.25, 0.3) is 10.9 Å². The number of benzene rings is 1. The first-order chi connectivity index (χ1) is 10.0. The Balaban J connectivity index is 2.26. The highest BCUT2D eigenvalue weighted by Gasteiger charge is 2.27. The molecule has 7 heteroatoms. The highest BCUT2D eigenvalue weighted by Crippen LogP contribution is 2.38. The normalized spacial score (nSPS) is 14.2. The van der Waals surface area contributed by atoms with Crippen molar-refractivity contribution >= 4 is 28.7 Å². The lowest BCUT2D eigenvalue weighted by molar-refractivity contribution is 0.121. The van der Waals surface area contributed by atoms with Gasteiger partial charge in [0.2, 0.25) is 5.43 Å². The molecule has 0 unspecified atom stereocenters. The van der Waals surface area contributed by atoms with Crippen LogP contribution < -0.4 is 10.2 Å². The van der Waals surface area contributed by atoms with Gasteiger partial charge in [0.05, 0.1) is 29.2 Å². The van der Waals surface area contributed by atoms with E-state index in [0.29, 0.717) is 5.52 Å². The number of ether oxygens (including phenoxy) is 2. The SMILES string of the molecule is COC(=O)Oc1cn(C2CC2)c2cc(Cl)c(F)cc2c1=O. The number of carbonyl (C=O) groups is 1. The molecule has 0 aliphatic heterocycles. The number of nitrogens with zero attached hydrogens (tertiary/aromatic N) is 1. The Labute approximate surface area is 123 Å². The van der Waals surface area contributed by atoms with Gasteiger partial charge in [-0.25, -0.2) is 9.18 Å². The minimum atomic E-state index is -0.997. The molecule has 1 aliphatic rings. The van der Waals surface area contributed by atoms with Crippen molar-refractivity contribution in [2.75, 3.05) is 7.11 Å². The van der Waals surface area contributed by atoms with Gasteiger partial charge in [-0.15, -0.1) is 0 Å². The van der Waals surface area contributed by atoms with E-state index in [-0.39, 0.29) is 22.2 Å². The van der Waals surface area contributed by atoms with Gasteiger partial charge in [0, 0.05) is 6.04 Å². The van der Waals surface area contributed by atoms with Gasteiger partial charge in [0.15, 0.2) is 5.75 Å². The fourth-order valence-corrected chi connectivity index (χ4v) is 2.34. The van der Waals surface area contributed by atoms with E-state index >= 15 is 0 Å². The van der Waals surface area contributed by atoms with Crippen molar-refractivity contribution in [3.05, 3.63) is 39.4 Å². The van der Waals surface area contributed by atoms with Gasteiger partial charge < -0.3 is 14.0 Å². The molecule has 110 valence electrons. The Morgan fingerprint density at radius 2 is 2.14 bits per heavy atom. The van der Waals surface area contributed by atoms with E-state index in [0.717, 1.165) is 26.0 Å². The number of aromatic nitrogens is 1. The molecular weight excluding hydrogens is 301 g/mol. The van der Waals surface area contributed by atoms with Crippen molar-refractivity contribution in [2.45, 2.75) is 18.9 Å². The third-order valence-electron chi connectivity index (χ3n) is 3.34. The molecule has 5 nitrogen and oxygen atoms in total. The maximum atomic E-state index is 13.6. The van der Waals surface area contributed by atoms with Crippen LogP contribution in [0.4, 0.5) is 9.18 Å². The van der Waals surface area contributed by atoms with E-state index < -0.39 is 17.4 Å². The van der Waals surface area contributed by atoms with E-state index in [4.69, 9.17) is 16.3 Å². The molecule has 0 saturated heterocycles. The quantitative estimate of drug-likeness (QED) is 0.799. The van der Waals surface area contributed by atoms with Crippen LogP contribution in [0.15, 0.2) is 23.1 Å².